The minimum Gasteiger partial charge on any atom is -0.306 e. The van der Waals surface area contributed by atoms with Gasteiger partial charge < -0.3 is 4.90 Å². The first-order valence-electron chi connectivity index (χ1n) is 6.09. The van der Waals surface area contributed by atoms with Gasteiger partial charge in [0.25, 0.3) is 12.0 Å². The van der Waals surface area contributed by atoms with Crippen molar-refractivity contribution in [3.05, 3.63) is 28.4 Å². The molecule has 1 saturated heterocycles. The van der Waals surface area contributed by atoms with Crippen LogP contribution in [0.25, 0.3) is 0 Å². The van der Waals surface area contributed by atoms with Gasteiger partial charge in [0, 0.05) is 12.6 Å². The van der Waals surface area contributed by atoms with Crippen LogP contribution in [0.1, 0.15) is 25.0 Å². The Morgan fingerprint density at radius 3 is 2.67 bits per heavy atom. The lowest BCUT2D eigenvalue weighted by Crippen LogP contribution is -2.34. The molecular formula is C12H17F2N3O. The van der Waals surface area contributed by atoms with Crippen molar-refractivity contribution in [1.82, 2.24) is 14.5 Å². The third-order valence-electron chi connectivity index (χ3n) is 3.42. The lowest BCUT2D eigenvalue weighted by atomic mass is 9.97. The van der Waals surface area contributed by atoms with Crippen molar-refractivity contribution >= 4 is 0 Å². The van der Waals surface area contributed by atoms with E-state index in [1.807, 2.05) is 0 Å². The number of nitrogens with zero attached hydrogens (tertiary/aromatic N) is 3. The second-order valence-electron chi connectivity index (χ2n) is 4.85. The van der Waals surface area contributed by atoms with Gasteiger partial charge in [0.1, 0.15) is 5.69 Å². The van der Waals surface area contributed by atoms with E-state index in [2.05, 4.69) is 16.9 Å². The normalized spacial score (nSPS) is 18.4. The highest BCUT2D eigenvalue weighted by molar-refractivity contribution is 5.00. The first-order chi connectivity index (χ1) is 8.56. The van der Waals surface area contributed by atoms with Crippen molar-refractivity contribution in [3.8, 4) is 0 Å². The van der Waals surface area contributed by atoms with Crippen molar-refractivity contribution in [2.45, 2.75) is 25.8 Å². The molecule has 0 amide bonds. The molecule has 1 aliphatic rings. The van der Waals surface area contributed by atoms with Crippen LogP contribution in [-0.2, 0) is 6.54 Å². The predicted molar refractivity (Wildman–Crippen MR) is 63.7 cm³/mol. The van der Waals surface area contributed by atoms with Crippen LogP contribution in [0.3, 0.4) is 0 Å². The molecule has 0 bridgehead atoms. The standard InChI is InChI=1S/C12H17F2N3O/c1-16-4-2-9(3-5-16)7-17-8-15-10(12(13)14)6-11(17)18/h6,8-9,12H,2-5,7H2,1H3. The van der Waals surface area contributed by atoms with Gasteiger partial charge in [-0.05, 0) is 38.9 Å². The number of aromatic nitrogens is 2. The maximum absolute atomic E-state index is 12.4. The van der Waals surface area contributed by atoms with Crippen LogP contribution < -0.4 is 5.56 Å². The number of piperidine rings is 1. The number of rotatable bonds is 3. The fourth-order valence-corrected chi connectivity index (χ4v) is 2.22. The summed E-state index contributed by atoms with van der Waals surface area (Å²) < 4.78 is 26.2. The second-order valence-corrected chi connectivity index (χ2v) is 4.85. The Balaban J connectivity index is 2.04. The monoisotopic (exact) mass is 257 g/mol. The van der Waals surface area contributed by atoms with E-state index in [0.717, 1.165) is 32.0 Å². The molecule has 100 valence electrons. The average molecular weight is 257 g/mol. The van der Waals surface area contributed by atoms with Crippen LogP contribution in [0.2, 0.25) is 0 Å². The van der Waals surface area contributed by atoms with Gasteiger partial charge in [-0.15, -0.1) is 0 Å². The largest absolute Gasteiger partial charge is 0.306 e. The van der Waals surface area contributed by atoms with E-state index >= 15 is 0 Å². The molecule has 0 spiro atoms. The zero-order chi connectivity index (χ0) is 13.1. The first kappa shape index (κ1) is 13.1. The summed E-state index contributed by atoms with van der Waals surface area (Å²) in [7, 11) is 2.07. The minimum absolute atomic E-state index is 0.390. The van der Waals surface area contributed by atoms with E-state index in [-0.39, 0.29) is 5.56 Å². The Morgan fingerprint density at radius 2 is 2.11 bits per heavy atom. The van der Waals surface area contributed by atoms with Crippen LogP contribution in [0, 0.1) is 5.92 Å². The van der Waals surface area contributed by atoms with Crippen molar-refractivity contribution in [2.75, 3.05) is 20.1 Å². The van der Waals surface area contributed by atoms with E-state index < -0.39 is 12.1 Å². The van der Waals surface area contributed by atoms with E-state index in [1.54, 1.807) is 0 Å². The fourth-order valence-electron chi connectivity index (χ4n) is 2.22. The van der Waals surface area contributed by atoms with Gasteiger partial charge in [-0.3, -0.25) is 9.36 Å². The number of alkyl halides is 2. The van der Waals surface area contributed by atoms with Gasteiger partial charge in [-0.2, -0.15) is 0 Å². The summed E-state index contributed by atoms with van der Waals surface area (Å²) in [5.41, 5.74) is -0.834. The summed E-state index contributed by atoms with van der Waals surface area (Å²) in [6.07, 6.45) is 0.608. The highest BCUT2D eigenvalue weighted by Crippen LogP contribution is 2.18. The predicted octanol–water partition coefficient (Wildman–Crippen LogP) is 1.52. The van der Waals surface area contributed by atoms with Gasteiger partial charge in [-0.1, -0.05) is 0 Å². The van der Waals surface area contributed by atoms with Crippen LogP contribution >= 0.6 is 0 Å². The van der Waals surface area contributed by atoms with E-state index in [9.17, 15) is 13.6 Å². The Kier molecular flexibility index (Phi) is 4.06. The van der Waals surface area contributed by atoms with E-state index in [1.165, 1.54) is 10.9 Å². The maximum atomic E-state index is 12.4. The van der Waals surface area contributed by atoms with Crippen molar-refractivity contribution < 1.29 is 8.78 Å². The highest BCUT2D eigenvalue weighted by atomic mass is 19.3. The smallest absolute Gasteiger partial charge is 0.280 e. The van der Waals surface area contributed by atoms with Crippen LogP contribution in [0.4, 0.5) is 8.78 Å². The van der Waals surface area contributed by atoms with Crippen LogP contribution in [0.15, 0.2) is 17.2 Å². The molecule has 0 aromatic carbocycles. The second kappa shape index (κ2) is 5.56. The number of hydrogen-bond acceptors (Lipinski definition) is 3. The Hall–Kier alpha value is -1.30. The summed E-state index contributed by atoms with van der Waals surface area (Å²) in [5.74, 6) is 0.429. The molecule has 1 aromatic heterocycles. The van der Waals surface area contributed by atoms with Gasteiger partial charge in [0.15, 0.2) is 0 Å². The molecule has 1 aliphatic heterocycles. The van der Waals surface area contributed by atoms with E-state index in [4.69, 9.17) is 0 Å². The zero-order valence-electron chi connectivity index (χ0n) is 10.4. The fraction of sp³-hybridized carbons (Fsp3) is 0.667. The highest BCUT2D eigenvalue weighted by Gasteiger charge is 2.18. The molecule has 0 saturated carbocycles. The maximum Gasteiger partial charge on any atom is 0.280 e. The third-order valence-corrected chi connectivity index (χ3v) is 3.42. The van der Waals surface area contributed by atoms with Gasteiger partial charge in [0.2, 0.25) is 0 Å². The molecular weight excluding hydrogens is 240 g/mol. The Bertz CT molecular complexity index is 453. The molecule has 0 radical (unpaired) electrons. The molecule has 18 heavy (non-hydrogen) atoms. The van der Waals surface area contributed by atoms with Crippen molar-refractivity contribution in [1.29, 1.82) is 0 Å². The summed E-state index contributed by atoms with van der Waals surface area (Å²) in [6.45, 7) is 2.60. The molecule has 0 N–H and O–H groups in total. The molecule has 2 heterocycles. The summed E-state index contributed by atoms with van der Waals surface area (Å²) in [6, 6.07) is 0.930. The summed E-state index contributed by atoms with van der Waals surface area (Å²) in [5, 5.41) is 0. The average Bonchev–Trinajstić information content (AvgIpc) is 2.34. The van der Waals surface area contributed by atoms with Gasteiger partial charge >= 0.3 is 0 Å². The lowest BCUT2D eigenvalue weighted by molar-refractivity contribution is 0.145. The summed E-state index contributed by atoms with van der Waals surface area (Å²) >= 11 is 0. The van der Waals surface area contributed by atoms with Gasteiger partial charge in [0.05, 0.1) is 6.33 Å². The molecule has 0 atom stereocenters. The molecule has 0 aliphatic carbocycles. The van der Waals surface area contributed by atoms with Crippen LogP contribution in [-0.4, -0.2) is 34.6 Å². The molecule has 6 heteroatoms. The molecule has 4 nitrogen and oxygen atoms in total. The SMILES string of the molecule is CN1CCC(Cn2cnc(C(F)F)cc2=O)CC1. The first-order valence-corrected chi connectivity index (χ1v) is 6.09. The van der Waals surface area contributed by atoms with Crippen molar-refractivity contribution in [2.24, 2.45) is 5.92 Å². The number of hydrogen-bond donors (Lipinski definition) is 0. The minimum atomic E-state index is -2.68. The topological polar surface area (TPSA) is 38.1 Å². The molecule has 1 aromatic rings. The Morgan fingerprint density at radius 1 is 1.44 bits per heavy atom. The molecule has 2 rings (SSSR count). The quantitative estimate of drug-likeness (QED) is 0.824. The van der Waals surface area contributed by atoms with Gasteiger partial charge in [-0.25, -0.2) is 13.8 Å². The van der Waals surface area contributed by atoms with Crippen LogP contribution in [0.5, 0.6) is 0 Å². The Labute approximate surface area is 104 Å². The number of halogens is 2. The number of likely N-dealkylation sites (tertiary alicyclic amines) is 1. The molecule has 1 fully saturated rings. The summed E-state index contributed by atoms with van der Waals surface area (Å²) in [4.78, 5) is 17.5. The van der Waals surface area contributed by atoms with E-state index in [0.29, 0.717) is 12.5 Å². The molecule has 0 unspecified atom stereocenters. The van der Waals surface area contributed by atoms with Crippen molar-refractivity contribution in [3.63, 3.8) is 0 Å². The zero-order valence-corrected chi connectivity index (χ0v) is 10.4. The lowest BCUT2D eigenvalue weighted by Gasteiger charge is -2.29. The third kappa shape index (κ3) is 3.13.